The lowest BCUT2D eigenvalue weighted by Gasteiger charge is -2.24. The van der Waals surface area contributed by atoms with E-state index in [0.717, 1.165) is 37.7 Å². The number of aromatic hydroxyl groups is 2. The summed E-state index contributed by atoms with van der Waals surface area (Å²) in [5, 5.41) is 20.5. The summed E-state index contributed by atoms with van der Waals surface area (Å²) in [7, 11) is 0. The molecule has 6 heteroatoms. The highest BCUT2D eigenvalue weighted by Crippen LogP contribution is 2.29. The molecule has 0 spiro atoms. The van der Waals surface area contributed by atoms with Crippen LogP contribution < -0.4 is 0 Å². The van der Waals surface area contributed by atoms with Crippen molar-refractivity contribution in [3.05, 3.63) is 106 Å². The Labute approximate surface area is 250 Å². The number of phenolic OH excluding ortho intramolecular Hbond substituents is 2. The van der Waals surface area contributed by atoms with Gasteiger partial charge in [0, 0.05) is 19.5 Å². The molecule has 2 aromatic rings. The van der Waals surface area contributed by atoms with Crippen molar-refractivity contribution in [3.63, 3.8) is 0 Å². The van der Waals surface area contributed by atoms with Crippen LogP contribution in [0.2, 0.25) is 10.0 Å². The largest absolute Gasteiger partial charge is 0.506 e. The molecule has 0 saturated heterocycles. The van der Waals surface area contributed by atoms with Gasteiger partial charge in [-0.15, -0.1) is 0 Å². The Bertz CT molecular complexity index is 1150. The van der Waals surface area contributed by atoms with Crippen LogP contribution >= 0.6 is 23.2 Å². The van der Waals surface area contributed by atoms with Crippen LogP contribution in [0.4, 0.5) is 0 Å². The first-order valence-corrected chi connectivity index (χ1v) is 15.0. The van der Waals surface area contributed by atoms with Crippen LogP contribution in [-0.2, 0) is 17.9 Å². The van der Waals surface area contributed by atoms with Gasteiger partial charge in [-0.1, -0.05) is 110 Å². The summed E-state index contributed by atoms with van der Waals surface area (Å²) in [6.45, 7) is 2.77. The molecule has 40 heavy (non-hydrogen) atoms. The predicted molar refractivity (Wildman–Crippen MR) is 169 cm³/mol. The summed E-state index contributed by atoms with van der Waals surface area (Å²) >= 11 is 12.2. The fourth-order valence-corrected chi connectivity index (χ4v) is 4.40. The second-order valence-electron chi connectivity index (χ2n) is 9.77. The van der Waals surface area contributed by atoms with Gasteiger partial charge in [-0.2, -0.15) is 0 Å². The van der Waals surface area contributed by atoms with Crippen molar-refractivity contribution in [2.24, 2.45) is 0 Å². The highest BCUT2D eigenvalue weighted by molar-refractivity contribution is 6.32. The molecule has 0 saturated carbocycles. The van der Waals surface area contributed by atoms with Crippen LogP contribution in [0, 0.1) is 0 Å². The molecule has 216 valence electrons. The number of carbonyl (C=O) groups is 1. The smallest absolute Gasteiger partial charge is 0.223 e. The number of carbonyl (C=O) groups excluding carboxylic acids is 1. The molecule has 1 amide bonds. The Morgan fingerprint density at radius 2 is 1.40 bits per heavy atom. The molecule has 0 aliphatic heterocycles. The number of halogens is 2. The second kappa shape index (κ2) is 20.0. The van der Waals surface area contributed by atoms with Crippen molar-refractivity contribution in [1.29, 1.82) is 0 Å². The fourth-order valence-electron chi connectivity index (χ4n) is 4.09. The van der Waals surface area contributed by atoms with Crippen molar-refractivity contribution in [2.75, 3.05) is 0 Å². The van der Waals surface area contributed by atoms with Gasteiger partial charge in [0.15, 0.2) is 0 Å². The molecule has 4 nitrogen and oxygen atoms in total. The average molecular weight is 585 g/mol. The molecule has 0 radical (unpaired) electrons. The number of rotatable bonds is 18. The lowest BCUT2D eigenvalue weighted by Crippen LogP contribution is -2.30. The molecule has 2 N–H and O–H groups in total. The van der Waals surface area contributed by atoms with Crippen LogP contribution in [-0.4, -0.2) is 21.0 Å². The maximum Gasteiger partial charge on any atom is 0.223 e. The summed E-state index contributed by atoms with van der Waals surface area (Å²) < 4.78 is 0. The molecule has 2 aromatic carbocycles. The average Bonchev–Trinajstić information content (AvgIpc) is 2.94. The first-order valence-electron chi connectivity index (χ1n) is 14.2. The molecule has 2 rings (SSSR count). The van der Waals surface area contributed by atoms with E-state index in [0.29, 0.717) is 18.5 Å². The zero-order valence-corrected chi connectivity index (χ0v) is 25.1. The number of benzene rings is 2. The third-order valence-electron chi connectivity index (χ3n) is 6.38. The Hall–Kier alpha value is -2.95. The van der Waals surface area contributed by atoms with Crippen LogP contribution in [0.5, 0.6) is 11.5 Å². The molecule has 0 heterocycles. The molecule has 0 bridgehead atoms. The molecule has 0 aromatic heterocycles. The van der Waals surface area contributed by atoms with Crippen molar-refractivity contribution >= 4 is 29.1 Å². The second-order valence-corrected chi connectivity index (χ2v) is 10.6. The SMILES string of the molecule is CCCCC/C=C/C/C=C\C/C=C\C/C=C\CCCC(=O)N(Cc1ccc(Cl)c(O)c1)Cc1cccc(O)c1Cl. The van der Waals surface area contributed by atoms with E-state index < -0.39 is 0 Å². The minimum Gasteiger partial charge on any atom is -0.506 e. The van der Waals surface area contributed by atoms with E-state index >= 15 is 0 Å². The zero-order valence-electron chi connectivity index (χ0n) is 23.6. The number of hydrogen-bond donors (Lipinski definition) is 2. The van der Waals surface area contributed by atoms with Crippen LogP contribution in [0.25, 0.3) is 0 Å². The molecular formula is C34H43Cl2NO3. The summed E-state index contributed by atoms with van der Waals surface area (Å²) in [6, 6.07) is 9.97. The van der Waals surface area contributed by atoms with Crippen molar-refractivity contribution in [1.82, 2.24) is 4.90 Å². The Morgan fingerprint density at radius 1 is 0.775 bits per heavy atom. The topological polar surface area (TPSA) is 60.8 Å². The standard InChI is InChI=1S/C34H43Cl2NO3/c1-2-3-4-5-6-7-8-9-10-11-12-13-14-15-16-17-18-22-33(40)37(26-28-23-24-30(35)32(39)25-28)27-29-20-19-21-31(38)34(29)36/h6-7,9-10,12-13,15-16,19-21,23-25,38-39H,2-5,8,11,14,17-18,22,26-27H2,1H3/b7-6+,10-9-,13-12-,16-15-. The van der Waals surface area contributed by atoms with E-state index in [4.69, 9.17) is 23.2 Å². The van der Waals surface area contributed by atoms with Crippen LogP contribution in [0.15, 0.2) is 85.0 Å². The van der Waals surface area contributed by atoms with Gasteiger partial charge in [0.25, 0.3) is 0 Å². The predicted octanol–water partition coefficient (Wildman–Crippen LogP) is 10.1. The maximum absolute atomic E-state index is 13.1. The van der Waals surface area contributed by atoms with Crippen molar-refractivity contribution in [3.8, 4) is 11.5 Å². The van der Waals surface area contributed by atoms with E-state index in [1.165, 1.54) is 31.7 Å². The summed E-state index contributed by atoms with van der Waals surface area (Å²) in [4.78, 5) is 14.8. The summed E-state index contributed by atoms with van der Waals surface area (Å²) in [6.07, 6.45) is 27.3. The minimum absolute atomic E-state index is 0.0174. The van der Waals surface area contributed by atoms with E-state index in [2.05, 4.69) is 55.5 Å². The van der Waals surface area contributed by atoms with Crippen LogP contribution in [0.3, 0.4) is 0 Å². The maximum atomic E-state index is 13.1. The number of phenols is 2. The third kappa shape index (κ3) is 13.4. The molecule has 0 atom stereocenters. The molecule has 0 aliphatic rings. The van der Waals surface area contributed by atoms with E-state index in [1.54, 1.807) is 35.2 Å². The number of allylic oxidation sites excluding steroid dienone is 8. The lowest BCUT2D eigenvalue weighted by molar-refractivity contribution is -0.132. The number of unbranched alkanes of at least 4 members (excludes halogenated alkanes) is 4. The third-order valence-corrected chi connectivity index (χ3v) is 7.13. The van der Waals surface area contributed by atoms with Gasteiger partial charge in [-0.25, -0.2) is 0 Å². The Kier molecular flexibility index (Phi) is 16.6. The van der Waals surface area contributed by atoms with Gasteiger partial charge in [-0.05, 0) is 74.3 Å². The quantitative estimate of drug-likeness (QED) is 0.135. The normalized spacial score (nSPS) is 12.0. The van der Waals surface area contributed by atoms with E-state index in [1.807, 2.05) is 0 Å². The van der Waals surface area contributed by atoms with Crippen molar-refractivity contribution < 1.29 is 15.0 Å². The van der Waals surface area contributed by atoms with E-state index in [-0.39, 0.29) is 34.0 Å². The van der Waals surface area contributed by atoms with Gasteiger partial charge in [0.1, 0.15) is 11.5 Å². The van der Waals surface area contributed by atoms with Gasteiger partial charge < -0.3 is 15.1 Å². The zero-order chi connectivity index (χ0) is 29.0. The fraction of sp³-hybridized carbons (Fsp3) is 0.382. The summed E-state index contributed by atoms with van der Waals surface area (Å²) in [5.74, 6) is -0.0662. The van der Waals surface area contributed by atoms with Gasteiger partial charge >= 0.3 is 0 Å². The van der Waals surface area contributed by atoms with Gasteiger partial charge in [0.2, 0.25) is 5.91 Å². The van der Waals surface area contributed by atoms with Crippen LogP contribution in [0.1, 0.15) is 82.3 Å². The highest BCUT2D eigenvalue weighted by atomic mass is 35.5. The minimum atomic E-state index is -0.0255. The summed E-state index contributed by atoms with van der Waals surface area (Å²) in [5.41, 5.74) is 1.42. The highest BCUT2D eigenvalue weighted by Gasteiger charge is 2.17. The first-order chi connectivity index (χ1) is 19.4. The van der Waals surface area contributed by atoms with E-state index in [9.17, 15) is 15.0 Å². The molecular weight excluding hydrogens is 541 g/mol. The number of hydrogen-bond acceptors (Lipinski definition) is 3. The number of nitrogens with zero attached hydrogens (tertiary/aromatic N) is 1. The lowest BCUT2D eigenvalue weighted by atomic mass is 10.1. The number of amides is 1. The van der Waals surface area contributed by atoms with Gasteiger partial charge in [-0.3, -0.25) is 4.79 Å². The molecule has 0 aliphatic carbocycles. The first kappa shape index (κ1) is 33.3. The Morgan fingerprint density at radius 3 is 2.02 bits per heavy atom. The monoisotopic (exact) mass is 583 g/mol. The van der Waals surface area contributed by atoms with Gasteiger partial charge in [0.05, 0.1) is 10.0 Å². The Balaban J connectivity index is 1.76. The van der Waals surface area contributed by atoms with Crippen molar-refractivity contribution in [2.45, 2.75) is 84.2 Å². The molecule has 0 unspecified atom stereocenters. The molecule has 0 fully saturated rings.